The van der Waals surface area contributed by atoms with Gasteiger partial charge in [0.1, 0.15) is 5.75 Å². The van der Waals surface area contributed by atoms with E-state index in [1.54, 1.807) is 49.8 Å². The second-order valence-electron chi connectivity index (χ2n) is 7.69. The summed E-state index contributed by atoms with van der Waals surface area (Å²) < 4.78 is 16.5. The lowest BCUT2D eigenvalue weighted by Crippen LogP contribution is -2.31. The molecule has 0 radical (unpaired) electrons. The third kappa shape index (κ3) is 4.97. The fourth-order valence-corrected chi connectivity index (χ4v) is 4.52. The van der Waals surface area contributed by atoms with Gasteiger partial charge in [-0.05, 0) is 53.4 Å². The zero-order chi connectivity index (χ0) is 24.1. The molecule has 0 fully saturated rings. The number of hydrazone groups is 1. The first-order valence-electron chi connectivity index (χ1n) is 11.0. The average molecular weight is 479 g/mol. The summed E-state index contributed by atoms with van der Waals surface area (Å²) in [5.41, 5.74) is 2.37. The highest BCUT2D eigenvalue weighted by molar-refractivity contribution is 7.12. The molecule has 1 atom stereocenters. The van der Waals surface area contributed by atoms with E-state index in [4.69, 9.17) is 14.2 Å². The van der Waals surface area contributed by atoms with Gasteiger partial charge in [-0.3, -0.25) is 9.59 Å². The molecule has 34 heavy (non-hydrogen) atoms. The topological polar surface area (TPSA) is 77.4 Å². The number of Topliss-reactive ketones (excluding diaryl/α,β-unsaturated/α-hetero) is 1. The first-order chi connectivity index (χ1) is 16.5. The van der Waals surface area contributed by atoms with Crippen molar-refractivity contribution in [2.75, 3.05) is 20.8 Å². The van der Waals surface area contributed by atoms with Gasteiger partial charge in [-0.2, -0.15) is 5.10 Å². The summed E-state index contributed by atoms with van der Waals surface area (Å²) in [6.07, 6.45) is 1.02. The van der Waals surface area contributed by atoms with Gasteiger partial charge in [0.05, 0.1) is 30.9 Å². The fraction of sp³-hybridized carbons (Fsp3) is 0.269. The maximum Gasteiger partial charge on any atom is 0.281 e. The van der Waals surface area contributed by atoms with Crippen LogP contribution in [0.15, 0.2) is 65.1 Å². The lowest BCUT2D eigenvalue weighted by molar-refractivity contribution is -0.135. The van der Waals surface area contributed by atoms with Crippen LogP contribution in [0.1, 0.15) is 46.6 Å². The van der Waals surface area contributed by atoms with Gasteiger partial charge in [0, 0.05) is 18.4 Å². The van der Waals surface area contributed by atoms with Gasteiger partial charge in [-0.1, -0.05) is 19.1 Å². The third-order valence-corrected chi connectivity index (χ3v) is 6.54. The number of methoxy groups -OCH3 is 2. The van der Waals surface area contributed by atoms with Crippen LogP contribution in [0.2, 0.25) is 0 Å². The van der Waals surface area contributed by atoms with Crippen molar-refractivity contribution in [2.45, 2.75) is 25.8 Å². The molecule has 0 aliphatic carbocycles. The maximum absolute atomic E-state index is 13.2. The van der Waals surface area contributed by atoms with Gasteiger partial charge in [-0.25, -0.2) is 5.01 Å². The largest absolute Gasteiger partial charge is 0.493 e. The molecule has 1 amide bonds. The van der Waals surface area contributed by atoms with Gasteiger partial charge < -0.3 is 14.2 Å². The summed E-state index contributed by atoms with van der Waals surface area (Å²) in [7, 11) is 3.17. The molecule has 1 aliphatic heterocycles. The number of hydrogen-bond acceptors (Lipinski definition) is 7. The van der Waals surface area contributed by atoms with Crippen LogP contribution in [0, 0.1) is 0 Å². The Morgan fingerprint density at radius 2 is 1.82 bits per heavy atom. The van der Waals surface area contributed by atoms with Crippen LogP contribution in [0.3, 0.4) is 0 Å². The Balaban J connectivity index is 1.54. The molecule has 0 spiro atoms. The van der Waals surface area contributed by atoms with Crippen molar-refractivity contribution in [1.82, 2.24) is 5.01 Å². The normalized spacial score (nSPS) is 15.1. The minimum absolute atomic E-state index is 0.0629. The van der Waals surface area contributed by atoms with Crippen molar-refractivity contribution in [3.63, 3.8) is 0 Å². The van der Waals surface area contributed by atoms with Gasteiger partial charge in [0.25, 0.3) is 5.91 Å². The summed E-state index contributed by atoms with van der Waals surface area (Å²) in [6, 6.07) is 16.1. The number of ketones is 1. The SMILES string of the molecule is CCC(=O)c1ccc(OCC(=O)N2N=C(c3cccs3)CC2c2ccc(OC)c(OC)c2)cc1. The number of amides is 1. The van der Waals surface area contributed by atoms with Crippen molar-refractivity contribution in [3.8, 4) is 17.2 Å². The zero-order valence-electron chi connectivity index (χ0n) is 19.3. The van der Waals surface area contributed by atoms with E-state index < -0.39 is 0 Å². The third-order valence-electron chi connectivity index (χ3n) is 5.62. The standard InChI is InChI=1S/C26H26N2O5S/c1-4-22(29)17-7-10-19(11-8-17)33-16-26(30)28-21(15-20(27-28)25-6-5-13-34-25)18-9-12-23(31-2)24(14-18)32-3/h5-14,21H,4,15-16H2,1-3H3. The summed E-state index contributed by atoms with van der Waals surface area (Å²) in [4.78, 5) is 26.0. The quantitative estimate of drug-likeness (QED) is 0.399. The summed E-state index contributed by atoms with van der Waals surface area (Å²) in [5, 5.41) is 8.14. The van der Waals surface area contributed by atoms with Crippen LogP contribution in [0.25, 0.3) is 0 Å². The Bertz CT molecular complexity index is 1190. The molecule has 176 valence electrons. The molecule has 0 saturated heterocycles. The summed E-state index contributed by atoms with van der Waals surface area (Å²) in [5.74, 6) is 1.53. The lowest BCUT2D eigenvalue weighted by atomic mass is 10.0. The second kappa shape index (κ2) is 10.5. The molecule has 1 aromatic heterocycles. The van der Waals surface area contributed by atoms with E-state index in [2.05, 4.69) is 5.10 Å². The van der Waals surface area contributed by atoms with E-state index >= 15 is 0 Å². The van der Waals surface area contributed by atoms with Crippen LogP contribution in [-0.4, -0.2) is 43.2 Å². The minimum Gasteiger partial charge on any atom is -0.493 e. The monoisotopic (exact) mass is 478 g/mol. The number of nitrogens with zero attached hydrogens (tertiary/aromatic N) is 2. The molecule has 0 saturated carbocycles. The van der Waals surface area contributed by atoms with Crippen molar-refractivity contribution >= 4 is 28.7 Å². The Hall–Kier alpha value is -3.65. The van der Waals surface area contributed by atoms with Crippen molar-refractivity contribution < 1.29 is 23.8 Å². The molecule has 1 unspecified atom stereocenters. The van der Waals surface area contributed by atoms with Crippen LogP contribution >= 0.6 is 11.3 Å². The Labute approximate surface area is 202 Å². The van der Waals surface area contributed by atoms with E-state index in [9.17, 15) is 9.59 Å². The first-order valence-corrected chi connectivity index (χ1v) is 11.8. The van der Waals surface area contributed by atoms with E-state index in [0.29, 0.717) is 35.7 Å². The predicted molar refractivity (Wildman–Crippen MR) is 131 cm³/mol. The Morgan fingerprint density at radius 3 is 2.47 bits per heavy atom. The second-order valence-corrected chi connectivity index (χ2v) is 8.63. The number of carbonyl (C=O) groups is 2. The molecule has 0 bridgehead atoms. The van der Waals surface area contributed by atoms with Crippen LogP contribution in [0.4, 0.5) is 0 Å². The smallest absolute Gasteiger partial charge is 0.281 e. The number of hydrogen-bond donors (Lipinski definition) is 0. The lowest BCUT2D eigenvalue weighted by Gasteiger charge is -2.23. The highest BCUT2D eigenvalue weighted by Gasteiger charge is 2.34. The molecule has 1 aliphatic rings. The van der Waals surface area contributed by atoms with Crippen molar-refractivity contribution in [3.05, 3.63) is 76.0 Å². The number of thiophene rings is 1. The average Bonchev–Trinajstić information content (AvgIpc) is 3.57. The van der Waals surface area contributed by atoms with Gasteiger partial charge >= 0.3 is 0 Å². The molecule has 7 nitrogen and oxygen atoms in total. The number of carbonyl (C=O) groups excluding carboxylic acids is 2. The molecule has 2 heterocycles. The Kier molecular flexibility index (Phi) is 7.27. The van der Waals surface area contributed by atoms with Crippen molar-refractivity contribution in [2.24, 2.45) is 5.10 Å². The molecular formula is C26H26N2O5S. The fourth-order valence-electron chi connectivity index (χ4n) is 3.80. The van der Waals surface area contributed by atoms with Gasteiger partial charge in [0.2, 0.25) is 0 Å². The maximum atomic E-state index is 13.2. The van der Waals surface area contributed by atoms with E-state index in [1.165, 1.54) is 5.01 Å². The number of benzene rings is 2. The van der Waals surface area contributed by atoms with E-state index in [-0.39, 0.29) is 24.3 Å². The molecule has 0 N–H and O–H groups in total. The highest BCUT2D eigenvalue weighted by atomic mass is 32.1. The van der Waals surface area contributed by atoms with Crippen LogP contribution < -0.4 is 14.2 Å². The van der Waals surface area contributed by atoms with Crippen molar-refractivity contribution in [1.29, 1.82) is 0 Å². The summed E-state index contributed by atoms with van der Waals surface area (Å²) >= 11 is 1.59. The molecule has 8 heteroatoms. The van der Waals surface area contributed by atoms with Gasteiger partial charge in [0.15, 0.2) is 23.9 Å². The molecular weight excluding hydrogens is 452 g/mol. The summed E-state index contributed by atoms with van der Waals surface area (Å²) in [6.45, 7) is 1.65. The minimum atomic E-state index is -0.294. The van der Waals surface area contributed by atoms with E-state index in [1.807, 2.05) is 42.6 Å². The highest BCUT2D eigenvalue weighted by Crippen LogP contribution is 2.38. The first kappa shape index (κ1) is 23.5. The van der Waals surface area contributed by atoms with Crippen LogP contribution in [-0.2, 0) is 4.79 Å². The van der Waals surface area contributed by atoms with Crippen LogP contribution in [0.5, 0.6) is 17.2 Å². The number of rotatable bonds is 9. The van der Waals surface area contributed by atoms with Gasteiger partial charge in [-0.15, -0.1) is 11.3 Å². The number of ether oxygens (including phenoxy) is 3. The predicted octanol–water partition coefficient (Wildman–Crippen LogP) is 5.11. The molecule has 3 aromatic rings. The zero-order valence-corrected chi connectivity index (χ0v) is 20.1. The van der Waals surface area contributed by atoms with E-state index in [0.717, 1.165) is 16.2 Å². The molecule has 4 rings (SSSR count). The Morgan fingerprint density at radius 1 is 1.06 bits per heavy atom. The molecule has 2 aromatic carbocycles.